The van der Waals surface area contributed by atoms with Crippen molar-refractivity contribution in [3.8, 4) is 0 Å². The van der Waals surface area contributed by atoms with Gasteiger partial charge in [0.1, 0.15) is 0 Å². The number of carbonyl (C=O) groups is 1. The van der Waals surface area contributed by atoms with Crippen molar-refractivity contribution in [2.24, 2.45) is 0 Å². The Bertz CT molecular complexity index is 824. The first-order chi connectivity index (χ1) is 12.4. The monoisotopic (exact) mass is 394 g/mol. The predicted molar refractivity (Wildman–Crippen MR) is 105 cm³/mol. The normalized spacial score (nSPS) is 11.5. The molecule has 0 heterocycles. The summed E-state index contributed by atoms with van der Waals surface area (Å²) in [5.74, 6) is -0.260. The molecule has 0 spiro atoms. The molecular formula is C19H23ClN2O3S. The van der Waals surface area contributed by atoms with Gasteiger partial charge in [0, 0.05) is 24.3 Å². The van der Waals surface area contributed by atoms with E-state index in [2.05, 4.69) is 0 Å². The second-order valence-corrected chi connectivity index (χ2v) is 8.43. The van der Waals surface area contributed by atoms with E-state index < -0.39 is 10.0 Å². The Morgan fingerprint density at radius 1 is 1.04 bits per heavy atom. The predicted octanol–water partition coefficient (Wildman–Crippen LogP) is 3.79. The number of rotatable bonds is 8. The van der Waals surface area contributed by atoms with E-state index in [9.17, 15) is 13.2 Å². The highest BCUT2D eigenvalue weighted by molar-refractivity contribution is 7.89. The Kier molecular flexibility index (Phi) is 7.20. The van der Waals surface area contributed by atoms with E-state index in [1.54, 1.807) is 4.90 Å². The molecule has 0 N–H and O–H groups in total. The molecule has 0 saturated heterocycles. The van der Waals surface area contributed by atoms with E-state index in [4.69, 9.17) is 11.6 Å². The molecule has 5 nitrogen and oxygen atoms in total. The van der Waals surface area contributed by atoms with Gasteiger partial charge in [-0.15, -0.1) is 0 Å². The van der Waals surface area contributed by atoms with Gasteiger partial charge in [0.15, 0.2) is 0 Å². The Morgan fingerprint density at radius 3 is 2.23 bits per heavy atom. The number of para-hydroxylation sites is 1. The number of halogens is 1. The average molecular weight is 395 g/mol. The third-order valence-electron chi connectivity index (χ3n) is 3.98. The summed E-state index contributed by atoms with van der Waals surface area (Å²) in [6, 6.07) is 15.2. The van der Waals surface area contributed by atoms with E-state index >= 15 is 0 Å². The minimum Gasteiger partial charge on any atom is -0.311 e. The van der Waals surface area contributed by atoms with Crippen LogP contribution in [0.1, 0.15) is 19.8 Å². The van der Waals surface area contributed by atoms with Crippen molar-refractivity contribution < 1.29 is 13.2 Å². The van der Waals surface area contributed by atoms with E-state index in [1.807, 2.05) is 37.3 Å². The van der Waals surface area contributed by atoms with Crippen LogP contribution in [-0.4, -0.2) is 38.8 Å². The van der Waals surface area contributed by atoms with Gasteiger partial charge in [0.05, 0.1) is 11.4 Å². The second-order valence-electron chi connectivity index (χ2n) is 5.95. The van der Waals surface area contributed by atoms with Crippen LogP contribution in [-0.2, 0) is 14.8 Å². The van der Waals surface area contributed by atoms with Crippen LogP contribution in [0.5, 0.6) is 0 Å². The summed E-state index contributed by atoms with van der Waals surface area (Å²) in [7, 11) is -2.35. The van der Waals surface area contributed by atoms with Crippen LogP contribution in [0, 0.1) is 0 Å². The van der Waals surface area contributed by atoms with Crippen molar-refractivity contribution in [2.75, 3.05) is 25.0 Å². The molecule has 140 valence electrons. The molecule has 2 aromatic rings. The van der Waals surface area contributed by atoms with Crippen molar-refractivity contribution in [3.05, 3.63) is 59.6 Å². The van der Waals surface area contributed by atoms with E-state index in [1.165, 1.54) is 31.3 Å². The molecule has 0 aliphatic carbocycles. The molecule has 0 radical (unpaired) electrons. The average Bonchev–Trinajstić information content (AvgIpc) is 2.63. The zero-order valence-electron chi connectivity index (χ0n) is 14.9. The van der Waals surface area contributed by atoms with Gasteiger partial charge in [-0.25, -0.2) is 8.42 Å². The van der Waals surface area contributed by atoms with E-state index in [0.717, 1.165) is 22.8 Å². The minimum absolute atomic E-state index is 0.108. The van der Waals surface area contributed by atoms with Gasteiger partial charge in [0.25, 0.3) is 0 Å². The summed E-state index contributed by atoms with van der Waals surface area (Å²) in [6.45, 7) is 2.36. The first kappa shape index (κ1) is 20.4. The molecule has 7 heteroatoms. The fourth-order valence-electron chi connectivity index (χ4n) is 2.47. The number of amides is 1. The number of carbonyl (C=O) groups excluding carboxylic acids is 1. The summed E-state index contributed by atoms with van der Waals surface area (Å²) >= 11 is 5.81. The van der Waals surface area contributed by atoms with Crippen LogP contribution in [0.25, 0.3) is 0 Å². The number of benzene rings is 2. The molecule has 2 aromatic carbocycles. The maximum Gasteiger partial charge on any atom is 0.243 e. The van der Waals surface area contributed by atoms with Gasteiger partial charge in [-0.05, 0) is 42.8 Å². The maximum absolute atomic E-state index is 12.8. The maximum atomic E-state index is 12.8. The number of hydrogen-bond donors (Lipinski definition) is 0. The molecule has 0 unspecified atom stereocenters. The molecule has 26 heavy (non-hydrogen) atoms. The van der Waals surface area contributed by atoms with Crippen molar-refractivity contribution in [3.63, 3.8) is 0 Å². The largest absolute Gasteiger partial charge is 0.311 e. The lowest BCUT2D eigenvalue weighted by Crippen LogP contribution is -2.41. The number of hydrogen-bond acceptors (Lipinski definition) is 3. The minimum atomic E-state index is -3.76. The summed E-state index contributed by atoms with van der Waals surface area (Å²) in [5, 5.41) is 0.456. The molecule has 0 aliphatic rings. The Balaban J connectivity index is 2.18. The zero-order valence-corrected chi connectivity index (χ0v) is 16.5. The lowest BCUT2D eigenvalue weighted by Gasteiger charge is -2.25. The molecule has 2 rings (SSSR count). The van der Waals surface area contributed by atoms with Crippen LogP contribution in [0.15, 0.2) is 59.5 Å². The van der Waals surface area contributed by atoms with E-state index in [-0.39, 0.29) is 17.3 Å². The lowest BCUT2D eigenvalue weighted by atomic mass is 10.2. The van der Waals surface area contributed by atoms with Crippen LogP contribution in [0.3, 0.4) is 0 Å². The summed E-state index contributed by atoms with van der Waals surface area (Å²) in [5.41, 5.74) is 0.767. The zero-order chi connectivity index (χ0) is 19.2. The molecule has 0 fully saturated rings. The highest BCUT2D eigenvalue weighted by Gasteiger charge is 2.25. The fraction of sp³-hybridized carbons (Fsp3) is 0.316. The number of nitrogens with zero attached hydrogens (tertiary/aromatic N) is 2. The number of anilines is 1. The van der Waals surface area contributed by atoms with Crippen LogP contribution in [0.4, 0.5) is 5.69 Å². The summed E-state index contributed by atoms with van der Waals surface area (Å²) in [4.78, 5) is 14.5. The molecule has 0 aliphatic heterocycles. The summed E-state index contributed by atoms with van der Waals surface area (Å²) in [6.07, 6.45) is 1.78. The molecule has 1 amide bonds. The van der Waals surface area contributed by atoms with Gasteiger partial charge in [0.2, 0.25) is 15.9 Å². The Labute approximate surface area is 160 Å². The quantitative estimate of drug-likeness (QED) is 0.684. The topological polar surface area (TPSA) is 57.7 Å². The second kappa shape index (κ2) is 9.16. The van der Waals surface area contributed by atoms with Crippen molar-refractivity contribution in [2.45, 2.75) is 24.7 Å². The molecule has 0 atom stereocenters. The first-order valence-electron chi connectivity index (χ1n) is 8.43. The first-order valence-corrected chi connectivity index (χ1v) is 10.3. The van der Waals surface area contributed by atoms with Crippen molar-refractivity contribution in [1.29, 1.82) is 0 Å². The molecule has 0 bridgehead atoms. The number of unbranched alkanes of at least 4 members (excludes halogenated alkanes) is 1. The van der Waals surface area contributed by atoms with Crippen molar-refractivity contribution in [1.82, 2.24) is 4.31 Å². The fourth-order valence-corrected chi connectivity index (χ4v) is 3.72. The standard InChI is InChI=1S/C19H23ClN2O3S/c1-3-4-14-22(17-8-6-5-7-9-17)19(23)15-21(2)26(24,25)18-12-10-16(20)11-13-18/h5-13H,3-4,14-15H2,1-2H3. The number of sulfonamides is 1. The van der Waals surface area contributed by atoms with Crippen LogP contribution >= 0.6 is 11.6 Å². The van der Waals surface area contributed by atoms with Crippen LogP contribution < -0.4 is 4.90 Å². The molecule has 0 saturated carbocycles. The van der Waals surface area contributed by atoms with Crippen LogP contribution in [0.2, 0.25) is 5.02 Å². The van der Waals surface area contributed by atoms with Gasteiger partial charge in [-0.3, -0.25) is 4.79 Å². The van der Waals surface area contributed by atoms with Gasteiger partial charge in [-0.1, -0.05) is 43.1 Å². The third-order valence-corrected chi connectivity index (χ3v) is 6.05. The molecular weight excluding hydrogens is 372 g/mol. The van der Waals surface area contributed by atoms with E-state index in [0.29, 0.717) is 11.6 Å². The SMILES string of the molecule is CCCCN(C(=O)CN(C)S(=O)(=O)c1ccc(Cl)cc1)c1ccccc1. The smallest absolute Gasteiger partial charge is 0.243 e. The Morgan fingerprint density at radius 2 is 1.65 bits per heavy atom. The van der Waals surface area contributed by atoms with Gasteiger partial charge < -0.3 is 4.90 Å². The highest BCUT2D eigenvalue weighted by Crippen LogP contribution is 2.19. The highest BCUT2D eigenvalue weighted by atomic mass is 35.5. The molecule has 0 aromatic heterocycles. The summed E-state index contributed by atoms with van der Waals surface area (Å²) < 4.78 is 26.4. The Hall–Kier alpha value is -1.89. The third kappa shape index (κ3) is 5.06. The lowest BCUT2D eigenvalue weighted by molar-refractivity contribution is -0.118. The van der Waals surface area contributed by atoms with Gasteiger partial charge >= 0.3 is 0 Å². The van der Waals surface area contributed by atoms with Gasteiger partial charge in [-0.2, -0.15) is 4.31 Å². The number of likely N-dealkylation sites (N-methyl/N-ethyl adjacent to an activating group) is 1. The van der Waals surface area contributed by atoms with Crippen molar-refractivity contribution >= 4 is 33.2 Å².